The van der Waals surface area contributed by atoms with Crippen LogP contribution in [-0.2, 0) is 54.1 Å². The Morgan fingerprint density at radius 2 is 1.73 bits per heavy atom. The molecule has 2 aromatic rings. The van der Waals surface area contributed by atoms with E-state index >= 15 is 0 Å². The molecule has 3 aliphatic rings. The van der Waals surface area contributed by atoms with Gasteiger partial charge in [-0.2, -0.15) is 0 Å². The second-order valence-electron chi connectivity index (χ2n) is 21.8. The SMILES string of the molecule is C=C(CBr)C(=O)OC(C)CCCCC(=O)N[C@H](C(=O)N[C@@H](CCCNC(N)=O)C(=O)Nc1ccc(NC(=O)O[C@H]2CC(=O)N(C)c3cc(cc(OC)c3Cl)C/C(C)=C/C=C/[C@@H](OC)[C@@]3(O)C[C@H](OC(=O)N3)[C@@H](C)[C@@H]3O[C@@]23C)c(C)c1)C(C)C. The predicted molar refractivity (Wildman–Crippen MR) is 315 cm³/mol. The standard InChI is InChI=1S/C58H80BrClN8O15/c1-31(2)49(66-46(69)20-13-12-17-35(6)80-53(73)34(5)30-59)52(72)64-40(18-15-23-62-54(61)74)51(71)63-38-21-22-39(33(4)25-38)65-55(75)82-45-28-47(70)68(9)41-26-37(27-42(78-10)48(41)60)24-32(3)16-14-19-44(79-11)58(77)29-43(81-56(76)67-58)36(7)50-57(45,8)83-50/h14,16,19,21-22,25-27,31,35-36,40,43-45,49-50,77H,5,12-13,15,17-18,20,23-24,28-30H2,1-4,6-11H3,(H,63,71)(H,64,72)(H,65,75)(H,66,69)(H,67,76)(H3,61,62,74)/b19-14+,32-16+/t35?,36-,40+,43+,44-,45+,49+,50+,57+,58+/m1/s1. The molecule has 10 atom stereocenters. The van der Waals surface area contributed by atoms with Gasteiger partial charge in [0.25, 0.3) is 0 Å². The Morgan fingerprint density at radius 3 is 2.39 bits per heavy atom. The molecule has 0 spiro atoms. The van der Waals surface area contributed by atoms with Gasteiger partial charge in [0, 0.05) is 61.7 Å². The van der Waals surface area contributed by atoms with Crippen molar-refractivity contribution >= 4 is 92.4 Å². The number of allylic oxidation sites excluding steroid dienone is 3. The van der Waals surface area contributed by atoms with E-state index in [1.165, 1.54) is 31.3 Å². The molecule has 4 bridgehead atoms. The van der Waals surface area contributed by atoms with E-state index in [0.717, 1.165) is 11.1 Å². The van der Waals surface area contributed by atoms with Crippen LogP contribution in [0.4, 0.5) is 31.4 Å². The lowest BCUT2D eigenvalue weighted by atomic mass is 9.83. The summed E-state index contributed by atoms with van der Waals surface area (Å²) in [4.78, 5) is 107. The van der Waals surface area contributed by atoms with Gasteiger partial charge >= 0.3 is 24.2 Å². The first kappa shape index (κ1) is 67.1. The molecule has 0 radical (unpaired) electrons. The van der Waals surface area contributed by atoms with Crippen molar-refractivity contribution in [3.05, 3.63) is 82.4 Å². The predicted octanol–water partition coefficient (Wildman–Crippen LogP) is 7.14. The largest absolute Gasteiger partial charge is 0.495 e. The molecule has 0 saturated carbocycles. The highest BCUT2D eigenvalue weighted by molar-refractivity contribution is 9.09. The first-order valence-corrected chi connectivity index (χ1v) is 29.0. The van der Waals surface area contributed by atoms with Crippen LogP contribution < -0.4 is 47.3 Å². The van der Waals surface area contributed by atoms with Gasteiger partial charge in [0.05, 0.1) is 31.4 Å². The van der Waals surface area contributed by atoms with Crippen molar-refractivity contribution in [1.82, 2.24) is 21.3 Å². The minimum atomic E-state index is -1.90. The number of carbonyl (C=O) groups excluding carboxylic acids is 8. The summed E-state index contributed by atoms with van der Waals surface area (Å²) >= 11 is 10.0. The average molecular weight is 1240 g/mol. The zero-order valence-electron chi connectivity index (χ0n) is 48.7. The molecule has 5 rings (SSSR count). The summed E-state index contributed by atoms with van der Waals surface area (Å²) in [5.41, 5.74) is 5.34. The molecule has 1 unspecified atom stereocenters. The molecule has 23 nitrogen and oxygen atoms in total. The Balaban J connectivity index is 1.32. The molecule has 25 heteroatoms. The number of halogens is 2. The lowest BCUT2D eigenvalue weighted by Crippen LogP contribution is -2.63. The third-order valence-corrected chi connectivity index (χ3v) is 15.9. The topological polar surface area (TPSA) is 317 Å². The fourth-order valence-corrected chi connectivity index (χ4v) is 10.5. The lowest BCUT2D eigenvalue weighted by Gasteiger charge is -2.42. The highest BCUT2D eigenvalue weighted by atomic mass is 79.9. The van der Waals surface area contributed by atoms with E-state index in [4.69, 9.17) is 45.8 Å². The van der Waals surface area contributed by atoms with Crippen LogP contribution in [0.3, 0.4) is 0 Å². The molecule has 2 aromatic carbocycles. The molecule has 0 aliphatic carbocycles. The number of rotatable bonds is 22. The van der Waals surface area contributed by atoms with Gasteiger partial charge in [0.15, 0.2) is 5.72 Å². The maximum atomic E-state index is 14.4. The van der Waals surface area contributed by atoms with Crippen molar-refractivity contribution in [2.75, 3.05) is 48.7 Å². The van der Waals surface area contributed by atoms with Crippen LogP contribution in [0.25, 0.3) is 0 Å². The molecule has 9 N–H and O–H groups in total. The fourth-order valence-electron chi connectivity index (χ4n) is 9.91. The summed E-state index contributed by atoms with van der Waals surface area (Å²) < 4.78 is 34.8. The number of aliphatic hydroxyl groups is 1. The summed E-state index contributed by atoms with van der Waals surface area (Å²) in [6.07, 6.45) is 0.848. The lowest BCUT2D eigenvalue weighted by molar-refractivity contribution is -0.144. The second-order valence-corrected chi connectivity index (χ2v) is 22.8. The van der Waals surface area contributed by atoms with Crippen molar-refractivity contribution in [1.29, 1.82) is 0 Å². The number of carbonyl (C=O) groups is 8. The number of alkyl carbamates (subject to hydrolysis) is 1. The van der Waals surface area contributed by atoms with Gasteiger partial charge in [-0.05, 0) is 114 Å². The Kier molecular flexibility index (Phi) is 24.4. The highest BCUT2D eigenvalue weighted by Gasteiger charge is 2.64. The van der Waals surface area contributed by atoms with E-state index in [-0.39, 0.29) is 60.9 Å². The third-order valence-electron chi connectivity index (χ3n) is 14.8. The summed E-state index contributed by atoms with van der Waals surface area (Å²) in [5, 5.41) is 28.4. The number of esters is 1. The van der Waals surface area contributed by atoms with E-state index in [9.17, 15) is 43.5 Å². The van der Waals surface area contributed by atoms with Gasteiger partial charge in [-0.3, -0.25) is 29.8 Å². The molecule has 83 heavy (non-hydrogen) atoms. The van der Waals surface area contributed by atoms with Crippen LogP contribution in [0.1, 0.15) is 104 Å². The minimum absolute atomic E-state index is 0.0660. The summed E-state index contributed by atoms with van der Waals surface area (Å²) in [7, 11) is 4.41. The number of hydrogen-bond donors (Lipinski definition) is 8. The number of nitrogens with two attached hydrogens (primary N) is 1. The second kappa shape index (κ2) is 30.2. The Hall–Kier alpha value is -6.73. The first-order valence-electron chi connectivity index (χ1n) is 27.5. The van der Waals surface area contributed by atoms with Crippen molar-refractivity contribution in [2.45, 2.75) is 160 Å². The number of aryl methyl sites for hydroxylation is 1. The van der Waals surface area contributed by atoms with Crippen molar-refractivity contribution < 1.29 is 71.9 Å². The molecule has 0 aromatic heterocycles. The molecular formula is C58H80BrClN8O15. The number of anilines is 3. The summed E-state index contributed by atoms with van der Waals surface area (Å²) in [6.45, 7) is 16.0. The van der Waals surface area contributed by atoms with Gasteiger partial charge in [-0.1, -0.05) is 78.7 Å². The molecule has 2 fully saturated rings. The maximum Gasteiger partial charge on any atom is 0.412 e. The number of nitrogens with zero attached hydrogens (tertiary/aromatic N) is 1. The number of hydrogen-bond acceptors (Lipinski definition) is 15. The number of fused-ring (bicyclic) bond motifs is 5. The van der Waals surface area contributed by atoms with Gasteiger partial charge in [-0.15, -0.1) is 0 Å². The molecule has 2 saturated heterocycles. The van der Waals surface area contributed by atoms with Gasteiger partial charge in [-0.25, -0.2) is 19.2 Å². The van der Waals surface area contributed by atoms with E-state index in [1.54, 1.807) is 78.9 Å². The van der Waals surface area contributed by atoms with Gasteiger partial charge < -0.3 is 65.4 Å². The molecule has 8 amide bonds. The number of amides is 8. The number of primary amides is 1. The number of urea groups is 1. The Bertz CT molecular complexity index is 2800. The zero-order chi connectivity index (χ0) is 61.5. The molecular weight excluding hydrogens is 1160 g/mol. The van der Waals surface area contributed by atoms with Crippen LogP contribution >= 0.6 is 27.5 Å². The minimum Gasteiger partial charge on any atom is -0.495 e. The highest BCUT2D eigenvalue weighted by Crippen LogP contribution is 2.49. The summed E-state index contributed by atoms with van der Waals surface area (Å²) in [6, 6.07) is 5.23. The molecule has 456 valence electrons. The Labute approximate surface area is 498 Å². The number of alkyl halides is 1. The van der Waals surface area contributed by atoms with Crippen molar-refractivity contribution in [3.8, 4) is 5.75 Å². The summed E-state index contributed by atoms with van der Waals surface area (Å²) in [5.74, 6) is -3.28. The van der Waals surface area contributed by atoms with Gasteiger partial charge in [0.1, 0.15) is 46.8 Å². The quantitative estimate of drug-likeness (QED) is 0.0145. The van der Waals surface area contributed by atoms with Gasteiger partial charge in [0.2, 0.25) is 23.6 Å². The first-order chi connectivity index (χ1) is 39.1. The number of ether oxygens (including phenoxy) is 6. The fraction of sp³-hybridized carbons (Fsp3) is 0.552. The average Bonchev–Trinajstić information content (AvgIpc) is 1.85. The number of benzene rings is 2. The van der Waals surface area contributed by atoms with Crippen molar-refractivity contribution in [3.63, 3.8) is 0 Å². The number of nitrogens with one attached hydrogen (secondary N) is 6. The van der Waals surface area contributed by atoms with Crippen LogP contribution in [-0.4, -0.2) is 140 Å². The maximum absolute atomic E-state index is 14.4. The number of epoxide rings is 1. The number of unbranched alkanes of at least 4 members (excludes halogenated alkanes) is 1. The van der Waals surface area contributed by atoms with E-state index in [0.29, 0.717) is 59.3 Å². The zero-order valence-corrected chi connectivity index (χ0v) is 51.1. The van der Waals surface area contributed by atoms with Crippen LogP contribution in [0.2, 0.25) is 5.02 Å². The van der Waals surface area contributed by atoms with E-state index < -0.39 is 102 Å². The third kappa shape index (κ3) is 18.6. The van der Waals surface area contributed by atoms with Crippen LogP contribution in [0.5, 0.6) is 5.75 Å². The number of methoxy groups -OCH3 is 2. The van der Waals surface area contributed by atoms with E-state index in [1.807, 2.05) is 13.0 Å². The van der Waals surface area contributed by atoms with Crippen molar-refractivity contribution in [2.24, 2.45) is 17.6 Å². The molecule has 3 heterocycles. The Morgan fingerprint density at radius 1 is 1.01 bits per heavy atom. The van der Waals surface area contributed by atoms with E-state index in [2.05, 4.69) is 54.4 Å². The molecule has 3 aliphatic heterocycles. The van der Waals surface area contributed by atoms with Crippen LogP contribution in [0, 0.1) is 18.8 Å². The smallest absolute Gasteiger partial charge is 0.412 e. The monoisotopic (exact) mass is 1240 g/mol. The van der Waals surface area contributed by atoms with Crippen LogP contribution in [0.15, 0.2) is 66.3 Å². The normalized spacial score (nSPS) is 24.6.